The van der Waals surface area contributed by atoms with Gasteiger partial charge in [0.2, 0.25) is 5.95 Å². The Labute approximate surface area is 163 Å². The Bertz CT molecular complexity index is 895. The van der Waals surface area contributed by atoms with Crippen LogP contribution in [-0.2, 0) is 6.54 Å². The van der Waals surface area contributed by atoms with Crippen LogP contribution in [0.1, 0.15) is 15.9 Å². The van der Waals surface area contributed by atoms with Gasteiger partial charge in [-0.05, 0) is 35.9 Å². The van der Waals surface area contributed by atoms with Crippen LogP contribution in [0.15, 0.2) is 61.3 Å². The first-order valence-electron chi connectivity index (χ1n) is 9.20. The first-order valence-corrected chi connectivity index (χ1v) is 9.20. The maximum Gasteiger partial charge on any atom is 0.255 e. The topological polar surface area (TPSA) is 87.1 Å². The number of carbonyl (C=O) groups excluding carboxylic acids is 1. The summed E-state index contributed by atoms with van der Waals surface area (Å²) in [5.41, 5.74) is 1.72. The fourth-order valence-electron chi connectivity index (χ4n) is 3.06. The molecule has 1 saturated heterocycles. The van der Waals surface area contributed by atoms with E-state index >= 15 is 0 Å². The van der Waals surface area contributed by atoms with Gasteiger partial charge in [-0.25, -0.2) is 15.0 Å². The van der Waals surface area contributed by atoms with Gasteiger partial charge in [0.1, 0.15) is 5.82 Å². The van der Waals surface area contributed by atoms with Gasteiger partial charge in [-0.1, -0.05) is 0 Å². The minimum Gasteiger partial charge on any atom is -0.366 e. The van der Waals surface area contributed by atoms with Crippen molar-refractivity contribution in [2.24, 2.45) is 0 Å². The van der Waals surface area contributed by atoms with E-state index in [4.69, 9.17) is 0 Å². The summed E-state index contributed by atoms with van der Waals surface area (Å²) >= 11 is 0. The Kier molecular flexibility index (Phi) is 5.37. The molecule has 1 amide bonds. The van der Waals surface area contributed by atoms with Crippen molar-refractivity contribution in [1.29, 1.82) is 0 Å². The fraction of sp³-hybridized carbons (Fsp3) is 0.250. The van der Waals surface area contributed by atoms with Gasteiger partial charge in [-0.15, -0.1) is 0 Å². The molecule has 1 fully saturated rings. The maximum atomic E-state index is 12.7. The van der Waals surface area contributed by atoms with Crippen molar-refractivity contribution < 1.29 is 4.79 Å². The molecule has 0 spiro atoms. The third-order valence-corrected chi connectivity index (χ3v) is 4.64. The van der Waals surface area contributed by atoms with Crippen LogP contribution in [0.2, 0.25) is 0 Å². The minimum atomic E-state index is 0.00168. The lowest BCUT2D eigenvalue weighted by molar-refractivity contribution is 0.0746. The second-order valence-electron chi connectivity index (χ2n) is 6.47. The van der Waals surface area contributed by atoms with Crippen molar-refractivity contribution in [3.05, 3.63) is 72.4 Å². The van der Waals surface area contributed by atoms with Crippen LogP contribution in [0.3, 0.4) is 0 Å². The molecule has 0 atom stereocenters. The molecule has 0 aromatic carbocycles. The number of hydrogen-bond acceptors (Lipinski definition) is 7. The molecular formula is C20H21N7O. The number of pyridine rings is 2. The summed E-state index contributed by atoms with van der Waals surface area (Å²) in [5.74, 6) is 1.45. The first kappa shape index (κ1) is 17.8. The quantitative estimate of drug-likeness (QED) is 0.728. The van der Waals surface area contributed by atoms with Gasteiger partial charge in [-0.3, -0.25) is 9.78 Å². The van der Waals surface area contributed by atoms with Gasteiger partial charge in [0.25, 0.3) is 5.91 Å². The van der Waals surface area contributed by atoms with Gasteiger partial charge in [0, 0.05) is 63.7 Å². The number of carbonyl (C=O) groups is 1. The second kappa shape index (κ2) is 8.43. The number of rotatable bonds is 5. The van der Waals surface area contributed by atoms with E-state index in [0.29, 0.717) is 31.1 Å². The number of nitrogens with zero attached hydrogens (tertiary/aromatic N) is 6. The molecule has 0 unspecified atom stereocenters. The molecule has 3 aromatic rings. The van der Waals surface area contributed by atoms with Gasteiger partial charge in [0.05, 0.1) is 5.56 Å². The normalized spacial score (nSPS) is 14.0. The zero-order valence-electron chi connectivity index (χ0n) is 15.4. The molecule has 0 radical (unpaired) electrons. The number of aromatic nitrogens is 4. The number of piperazine rings is 1. The molecule has 4 heterocycles. The molecule has 3 aromatic heterocycles. The predicted octanol–water partition coefficient (Wildman–Crippen LogP) is 1.84. The highest BCUT2D eigenvalue weighted by Crippen LogP contribution is 2.14. The smallest absolute Gasteiger partial charge is 0.255 e. The Morgan fingerprint density at radius 3 is 2.36 bits per heavy atom. The molecule has 28 heavy (non-hydrogen) atoms. The molecule has 0 saturated carbocycles. The number of nitrogens with one attached hydrogen (secondary N) is 1. The monoisotopic (exact) mass is 375 g/mol. The van der Waals surface area contributed by atoms with Crippen LogP contribution < -0.4 is 10.2 Å². The van der Waals surface area contributed by atoms with E-state index in [1.54, 1.807) is 37.1 Å². The first-order chi connectivity index (χ1) is 13.8. The van der Waals surface area contributed by atoms with Crippen LogP contribution in [0, 0.1) is 0 Å². The van der Waals surface area contributed by atoms with Gasteiger partial charge in [-0.2, -0.15) is 0 Å². The number of hydrogen-bond donors (Lipinski definition) is 1. The highest BCUT2D eigenvalue weighted by atomic mass is 16.2. The highest BCUT2D eigenvalue weighted by molar-refractivity contribution is 5.94. The Balaban J connectivity index is 1.31. The molecule has 1 N–H and O–H groups in total. The van der Waals surface area contributed by atoms with Crippen LogP contribution in [-0.4, -0.2) is 56.9 Å². The predicted molar refractivity (Wildman–Crippen MR) is 106 cm³/mol. The van der Waals surface area contributed by atoms with E-state index < -0.39 is 0 Å². The van der Waals surface area contributed by atoms with E-state index in [2.05, 4.69) is 30.2 Å². The van der Waals surface area contributed by atoms with E-state index in [0.717, 1.165) is 24.5 Å². The van der Waals surface area contributed by atoms with E-state index in [-0.39, 0.29) is 5.91 Å². The lowest BCUT2D eigenvalue weighted by atomic mass is 10.2. The van der Waals surface area contributed by atoms with E-state index in [9.17, 15) is 4.79 Å². The van der Waals surface area contributed by atoms with Crippen molar-refractivity contribution in [3.8, 4) is 0 Å². The molecule has 0 bridgehead atoms. The largest absolute Gasteiger partial charge is 0.366 e. The van der Waals surface area contributed by atoms with Crippen molar-refractivity contribution in [2.75, 3.05) is 36.4 Å². The molecule has 1 aliphatic rings. The summed E-state index contributed by atoms with van der Waals surface area (Å²) in [6.45, 7) is 3.37. The number of anilines is 2. The van der Waals surface area contributed by atoms with Gasteiger partial charge in [0.15, 0.2) is 0 Å². The zero-order chi connectivity index (χ0) is 19.2. The molecule has 8 nitrogen and oxygen atoms in total. The number of amides is 1. The summed E-state index contributed by atoms with van der Waals surface area (Å²) in [6.07, 6.45) is 8.61. The summed E-state index contributed by atoms with van der Waals surface area (Å²) in [4.78, 5) is 33.6. The summed E-state index contributed by atoms with van der Waals surface area (Å²) in [5, 5.41) is 3.25. The van der Waals surface area contributed by atoms with Crippen molar-refractivity contribution in [1.82, 2.24) is 24.8 Å². The highest BCUT2D eigenvalue weighted by Gasteiger charge is 2.23. The van der Waals surface area contributed by atoms with Crippen LogP contribution in [0.25, 0.3) is 0 Å². The third kappa shape index (κ3) is 4.22. The average molecular weight is 375 g/mol. The lowest BCUT2D eigenvalue weighted by Crippen LogP contribution is -2.49. The minimum absolute atomic E-state index is 0.00168. The molecular weight excluding hydrogens is 354 g/mol. The van der Waals surface area contributed by atoms with Crippen molar-refractivity contribution in [3.63, 3.8) is 0 Å². The van der Waals surface area contributed by atoms with Crippen molar-refractivity contribution in [2.45, 2.75) is 6.54 Å². The van der Waals surface area contributed by atoms with E-state index in [1.807, 2.05) is 29.2 Å². The third-order valence-electron chi connectivity index (χ3n) is 4.64. The molecule has 8 heteroatoms. The standard InChI is InChI=1S/C20H21N7O/c28-19(26-10-12-27(13-11-26)20-22-6-1-7-23-20)17-2-3-18(25-15-17)24-14-16-4-8-21-9-5-16/h1-9,15H,10-14H2,(H,24,25). The molecule has 1 aliphatic heterocycles. The zero-order valence-corrected chi connectivity index (χ0v) is 15.4. The van der Waals surface area contributed by atoms with Crippen LogP contribution in [0.5, 0.6) is 0 Å². The fourth-order valence-corrected chi connectivity index (χ4v) is 3.06. The molecule has 0 aliphatic carbocycles. The Morgan fingerprint density at radius 2 is 1.68 bits per heavy atom. The summed E-state index contributed by atoms with van der Waals surface area (Å²) in [6, 6.07) is 9.35. The van der Waals surface area contributed by atoms with Crippen molar-refractivity contribution >= 4 is 17.7 Å². The van der Waals surface area contributed by atoms with Gasteiger partial charge >= 0.3 is 0 Å². The van der Waals surface area contributed by atoms with Crippen LogP contribution >= 0.6 is 0 Å². The average Bonchev–Trinajstić information content (AvgIpc) is 2.79. The van der Waals surface area contributed by atoms with E-state index in [1.165, 1.54) is 0 Å². The SMILES string of the molecule is O=C(c1ccc(NCc2ccncc2)nc1)N1CCN(c2ncccn2)CC1. The molecule has 142 valence electrons. The Morgan fingerprint density at radius 1 is 0.929 bits per heavy atom. The summed E-state index contributed by atoms with van der Waals surface area (Å²) in [7, 11) is 0. The van der Waals surface area contributed by atoms with Crippen LogP contribution in [0.4, 0.5) is 11.8 Å². The Hall–Kier alpha value is -3.55. The lowest BCUT2D eigenvalue weighted by Gasteiger charge is -2.34. The summed E-state index contributed by atoms with van der Waals surface area (Å²) < 4.78 is 0. The molecule has 4 rings (SSSR count). The maximum absolute atomic E-state index is 12.7. The second-order valence-corrected chi connectivity index (χ2v) is 6.47. The van der Waals surface area contributed by atoms with Gasteiger partial charge < -0.3 is 15.1 Å².